The van der Waals surface area contributed by atoms with Crippen molar-refractivity contribution in [2.24, 2.45) is 0 Å². The lowest BCUT2D eigenvalue weighted by Gasteiger charge is -2.26. The number of nitrogens with one attached hydrogen (secondary N) is 1. The maximum atomic E-state index is 6.12. The highest BCUT2D eigenvalue weighted by atomic mass is 16.5. The number of imidazole rings is 1. The molecule has 34 heavy (non-hydrogen) atoms. The van der Waals surface area contributed by atoms with Gasteiger partial charge in [-0.2, -0.15) is 4.98 Å². The normalized spacial score (nSPS) is 14.3. The van der Waals surface area contributed by atoms with Crippen LogP contribution in [-0.2, 0) is 4.74 Å². The molecule has 0 saturated carbocycles. The number of nitrogens with two attached hydrogens (primary N) is 1. The molecule has 3 heterocycles. The van der Waals surface area contributed by atoms with Crippen LogP contribution in [0.2, 0.25) is 0 Å². The second-order valence-electron chi connectivity index (χ2n) is 7.70. The third kappa shape index (κ3) is 4.70. The fraction of sp³-hybridized carbons (Fsp3) is 0.304. The monoisotopic (exact) mass is 462 g/mol. The molecule has 0 amide bonds. The van der Waals surface area contributed by atoms with Gasteiger partial charge in [-0.3, -0.25) is 4.90 Å². The van der Waals surface area contributed by atoms with E-state index in [0.717, 1.165) is 49.6 Å². The minimum absolute atomic E-state index is 0.304. The van der Waals surface area contributed by atoms with Gasteiger partial charge in [0.05, 0.1) is 31.4 Å². The highest BCUT2D eigenvalue weighted by Gasteiger charge is 2.14. The van der Waals surface area contributed by atoms with Crippen molar-refractivity contribution in [2.45, 2.75) is 0 Å². The van der Waals surface area contributed by atoms with Gasteiger partial charge in [-0.1, -0.05) is 12.1 Å². The standard InChI is InChI=1S/C23H26N8O3/c1-32-20-14-16(6-7-19(20)34-13-10-30-8-11-33-12-9-30)27-22-25-15-26-23(29-22)31-18-5-3-2-4-17(18)28-21(31)24/h2-7,14-15H,8-13H2,1H3,(H2,24,28)(H,25,26,27,29). The fourth-order valence-corrected chi connectivity index (χ4v) is 3.81. The van der Waals surface area contributed by atoms with E-state index in [1.807, 2.05) is 42.5 Å². The Morgan fingerprint density at radius 1 is 1.06 bits per heavy atom. The third-order valence-electron chi connectivity index (χ3n) is 5.53. The van der Waals surface area contributed by atoms with Crippen LogP contribution in [0, 0.1) is 0 Å². The molecule has 1 saturated heterocycles. The Hall–Kier alpha value is -3.96. The molecule has 176 valence electrons. The molecule has 0 aliphatic carbocycles. The van der Waals surface area contributed by atoms with E-state index in [2.05, 4.69) is 30.2 Å². The molecular formula is C23H26N8O3. The zero-order valence-electron chi connectivity index (χ0n) is 18.8. The van der Waals surface area contributed by atoms with E-state index in [1.54, 1.807) is 11.7 Å². The predicted molar refractivity (Wildman–Crippen MR) is 128 cm³/mol. The third-order valence-corrected chi connectivity index (χ3v) is 5.53. The molecular weight excluding hydrogens is 436 g/mol. The lowest BCUT2D eigenvalue weighted by Crippen LogP contribution is -2.38. The molecule has 1 fully saturated rings. The van der Waals surface area contributed by atoms with E-state index < -0.39 is 0 Å². The van der Waals surface area contributed by atoms with Crippen molar-refractivity contribution < 1.29 is 14.2 Å². The van der Waals surface area contributed by atoms with Gasteiger partial charge in [-0.15, -0.1) is 0 Å². The number of nitrogens with zero attached hydrogens (tertiary/aromatic N) is 6. The largest absolute Gasteiger partial charge is 0.493 e. The molecule has 0 unspecified atom stereocenters. The van der Waals surface area contributed by atoms with Gasteiger partial charge >= 0.3 is 0 Å². The van der Waals surface area contributed by atoms with E-state index in [9.17, 15) is 0 Å². The first-order chi connectivity index (χ1) is 16.7. The highest BCUT2D eigenvalue weighted by molar-refractivity contribution is 5.80. The van der Waals surface area contributed by atoms with Gasteiger partial charge in [0, 0.05) is 31.4 Å². The zero-order chi connectivity index (χ0) is 23.3. The number of ether oxygens (including phenoxy) is 3. The van der Waals surface area contributed by atoms with Crippen LogP contribution in [0.1, 0.15) is 0 Å². The Balaban J connectivity index is 1.30. The first kappa shape index (κ1) is 21.9. The van der Waals surface area contributed by atoms with Crippen LogP contribution in [0.5, 0.6) is 11.5 Å². The fourth-order valence-electron chi connectivity index (χ4n) is 3.81. The van der Waals surface area contributed by atoms with Crippen molar-refractivity contribution in [1.29, 1.82) is 0 Å². The van der Waals surface area contributed by atoms with Gasteiger partial charge in [-0.05, 0) is 24.3 Å². The SMILES string of the molecule is COc1cc(Nc2ncnc(-n3c(N)nc4ccccc43)n2)ccc1OCCN1CCOCC1. The minimum atomic E-state index is 0.304. The molecule has 0 spiro atoms. The maximum Gasteiger partial charge on any atom is 0.241 e. The lowest BCUT2D eigenvalue weighted by atomic mass is 10.2. The van der Waals surface area contributed by atoms with Crippen molar-refractivity contribution in [3.05, 3.63) is 48.8 Å². The Labute approximate surface area is 196 Å². The van der Waals surface area contributed by atoms with Crippen LogP contribution in [0.25, 0.3) is 17.0 Å². The summed E-state index contributed by atoms with van der Waals surface area (Å²) in [6.45, 7) is 4.81. The van der Waals surface area contributed by atoms with E-state index in [-0.39, 0.29) is 0 Å². The molecule has 2 aromatic heterocycles. The summed E-state index contributed by atoms with van der Waals surface area (Å²) in [5.41, 5.74) is 8.45. The van der Waals surface area contributed by atoms with Crippen molar-refractivity contribution in [1.82, 2.24) is 29.4 Å². The molecule has 0 radical (unpaired) electrons. The number of nitrogen functional groups attached to an aromatic ring is 1. The summed E-state index contributed by atoms with van der Waals surface area (Å²) in [5.74, 6) is 2.34. The number of hydrogen-bond donors (Lipinski definition) is 2. The van der Waals surface area contributed by atoms with Gasteiger partial charge in [0.15, 0.2) is 11.5 Å². The van der Waals surface area contributed by atoms with Crippen LogP contribution in [0.4, 0.5) is 17.6 Å². The summed E-state index contributed by atoms with van der Waals surface area (Å²) < 4.78 is 18.6. The second kappa shape index (κ2) is 9.89. The average Bonchev–Trinajstić information content (AvgIpc) is 3.21. The number of methoxy groups -OCH3 is 1. The summed E-state index contributed by atoms with van der Waals surface area (Å²) in [5, 5.41) is 3.19. The van der Waals surface area contributed by atoms with E-state index in [1.165, 1.54) is 6.33 Å². The van der Waals surface area contributed by atoms with Crippen LogP contribution in [0.3, 0.4) is 0 Å². The first-order valence-corrected chi connectivity index (χ1v) is 11.0. The minimum Gasteiger partial charge on any atom is -0.493 e. The summed E-state index contributed by atoms with van der Waals surface area (Å²) >= 11 is 0. The number of hydrogen-bond acceptors (Lipinski definition) is 10. The van der Waals surface area contributed by atoms with Crippen molar-refractivity contribution >= 4 is 28.6 Å². The average molecular weight is 463 g/mol. The van der Waals surface area contributed by atoms with E-state index in [0.29, 0.717) is 36.0 Å². The van der Waals surface area contributed by atoms with Crippen molar-refractivity contribution in [2.75, 3.05) is 57.6 Å². The predicted octanol–water partition coefficient (Wildman–Crippen LogP) is 2.26. The number of rotatable bonds is 8. The number of fused-ring (bicyclic) bond motifs is 1. The molecule has 1 aliphatic rings. The molecule has 2 aromatic carbocycles. The Morgan fingerprint density at radius 3 is 2.76 bits per heavy atom. The lowest BCUT2D eigenvalue weighted by molar-refractivity contribution is 0.0321. The Bertz CT molecular complexity index is 1270. The van der Waals surface area contributed by atoms with Crippen LogP contribution in [-0.4, -0.2) is 76.0 Å². The number of para-hydroxylation sites is 2. The summed E-state index contributed by atoms with van der Waals surface area (Å²) in [7, 11) is 1.61. The topological polar surface area (TPSA) is 125 Å². The molecule has 11 nitrogen and oxygen atoms in total. The van der Waals surface area contributed by atoms with E-state index >= 15 is 0 Å². The molecule has 0 bridgehead atoms. The van der Waals surface area contributed by atoms with Gasteiger partial charge in [0.1, 0.15) is 12.9 Å². The van der Waals surface area contributed by atoms with Crippen LogP contribution in [0.15, 0.2) is 48.8 Å². The molecule has 3 N–H and O–H groups in total. The molecule has 1 aliphatic heterocycles. The van der Waals surface area contributed by atoms with E-state index in [4.69, 9.17) is 19.9 Å². The molecule has 4 aromatic rings. The quantitative estimate of drug-likeness (QED) is 0.403. The highest BCUT2D eigenvalue weighted by Crippen LogP contribution is 2.31. The van der Waals surface area contributed by atoms with Crippen molar-refractivity contribution in [3.8, 4) is 17.4 Å². The Kier molecular flexibility index (Phi) is 6.36. The van der Waals surface area contributed by atoms with Crippen molar-refractivity contribution in [3.63, 3.8) is 0 Å². The number of morpholine rings is 1. The smallest absolute Gasteiger partial charge is 0.241 e. The van der Waals surface area contributed by atoms with Gasteiger partial charge in [-0.25, -0.2) is 19.5 Å². The van der Waals surface area contributed by atoms with Gasteiger partial charge in [0.25, 0.3) is 0 Å². The zero-order valence-corrected chi connectivity index (χ0v) is 18.8. The molecule has 0 atom stereocenters. The molecule has 5 rings (SSSR count). The first-order valence-electron chi connectivity index (χ1n) is 11.0. The number of aromatic nitrogens is 5. The number of benzene rings is 2. The summed E-state index contributed by atoms with van der Waals surface area (Å²) in [6.07, 6.45) is 1.43. The van der Waals surface area contributed by atoms with Gasteiger partial charge < -0.3 is 25.3 Å². The van der Waals surface area contributed by atoms with Gasteiger partial charge in [0.2, 0.25) is 17.8 Å². The second-order valence-corrected chi connectivity index (χ2v) is 7.70. The number of anilines is 3. The van der Waals surface area contributed by atoms with Crippen LogP contribution < -0.4 is 20.5 Å². The summed E-state index contributed by atoms with van der Waals surface area (Å²) in [4.78, 5) is 19.7. The Morgan fingerprint density at radius 2 is 1.91 bits per heavy atom. The van der Waals surface area contributed by atoms with Crippen LogP contribution >= 0.6 is 0 Å². The maximum absolute atomic E-state index is 6.12. The molecule has 11 heteroatoms. The summed E-state index contributed by atoms with van der Waals surface area (Å²) in [6, 6.07) is 13.2.